The van der Waals surface area contributed by atoms with Crippen LogP contribution in [0.5, 0.6) is 0 Å². The summed E-state index contributed by atoms with van der Waals surface area (Å²) in [6, 6.07) is 22.5. The lowest BCUT2D eigenvalue weighted by Crippen LogP contribution is -2.09. The molecule has 0 spiro atoms. The van der Waals surface area contributed by atoms with Gasteiger partial charge in [-0.25, -0.2) is 0 Å². The fraction of sp³-hybridized carbons (Fsp3) is 0.370. The van der Waals surface area contributed by atoms with E-state index in [2.05, 4.69) is 53.5 Å². The van der Waals surface area contributed by atoms with Crippen molar-refractivity contribution in [2.75, 3.05) is 26.4 Å². The molecule has 33 heavy (non-hydrogen) atoms. The Morgan fingerprint density at radius 2 is 0.758 bits per heavy atom. The van der Waals surface area contributed by atoms with Crippen LogP contribution in [0.2, 0.25) is 0 Å². The Labute approximate surface area is 195 Å². The molecule has 0 amide bonds. The molecule has 0 radical (unpaired) electrons. The highest BCUT2D eigenvalue weighted by molar-refractivity contribution is 5.22. The van der Waals surface area contributed by atoms with Gasteiger partial charge in [0.05, 0.1) is 77.5 Å². The molecular weight excluding hydrogens is 418 g/mol. The van der Waals surface area contributed by atoms with E-state index in [-0.39, 0.29) is 0 Å². The van der Waals surface area contributed by atoms with Gasteiger partial charge in [0.2, 0.25) is 0 Å². The van der Waals surface area contributed by atoms with Crippen LogP contribution in [0.3, 0.4) is 0 Å². The smallest absolute Gasteiger partial charge is 0.0892 e. The van der Waals surface area contributed by atoms with Crippen molar-refractivity contribution in [2.45, 2.75) is 39.6 Å². The number of nitrogens with zero attached hydrogens (tertiary/aromatic N) is 1. The first-order valence-electron chi connectivity index (χ1n) is 11.3. The van der Waals surface area contributed by atoms with Gasteiger partial charge in [-0.3, -0.25) is 4.98 Å². The van der Waals surface area contributed by atoms with Gasteiger partial charge in [0, 0.05) is 0 Å². The largest absolute Gasteiger partial charge is 0.377 e. The molecule has 7 rings (SSSR count). The predicted octanol–water partition coefficient (Wildman–Crippen LogP) is 4.58. The zero-order valence-corrected chi connectivity index (χ0v) is 18.9. The van der Waals surface area contributed by atoms with E-state index in [1.165, 1.54) is 0 Å². The van der Waals surface area contributed by atoms with Gasteiger partial charge in [-0.05, 0) is 34.4 Å². The minimum atomic E-state index is 0.461. The van der Waals surface area contributed by atoms with E-state index in [1.54, 1.807) is 0 Å². The Balaban J connectivity index is 1.34. The number of ether oxygens (including phenoxy) is 5. The zero-order chi connectivity index (χ0) is 22.6. The molecular formula is C27H31NO5. The lowest BCUT2D eigenvalue weighted by Gasteiger charge is -2.10. The van der Waals surface area contributed by atoms with Gasteiger partial charge in [-0.2, -0.15) is 0 Å². The van der Waals surface area contributed by atoms with Crippen LogP contribution in [-0.2, 0) is 63.3 Å². The van der Waals surface area contributed by atoms with Gasteiger partial charge in [0.1, 0.15) is 0 Å². The first-order valence-corrected chi connectivity index (χ1v) is 11.3. The molecule has 0 aliphatic carbocycles. The van der Waals surface area contributed by atoms with Crippen LogP contribution in [0.4, 0.5) is 0 Å². The van der Waals surface area contributed by atoms with E-state index in [0.717, 1.165) is 33.6 Å². The van der Waals surface area contributed by atoms with Gasteiger partial charge in [0.25, 0.3) is 0 Å². The predicted molar refractivity (Wildman–Crippen MR) is 124 cm³/mol. The molecule has 0 unspecified atom stereocenters. The SMILES string of the molecule is c1cc2nc(c1)COCc1ccc(cc1)COCCOCCOCc1ccc(cc1)COC2. The summed E-state index contributed by atoms with van der Waals surface area (Å²) in [7, 11) is 0. The molecule has 6 nitrogen and oxygen atoms in total. The average molecular weight is 450 g/mol. The van der Waals surface area contributed by atoms with Crippen LogP contribution in [0.25, 0.3) is 0 Å². The third kappa shape index (κ3) is 8.35. The summed E-state index contributed by atoms with van der Waals surface area (Å²) in [6.07, 6.45) is 0. The Morgan fingerprint density at radius 1 is 0.394 bits per heavy atom. The maximum Gasteiger partial charge on any atom is 0.0892 e. The van der Waals surface area contributed by atoms with E-state index in [0.29, 0.717) is 66.1 Å². The van der Waals surface area contributed by atoms with Crippen LogP contribution in [0.15, 0.2) is 66.7 Å². The number of pyridine rings is 1. The fourth-order valence-corrected chi connectivity index (χ4v) is 3.42. The van der Waals surface area contributed by atoms with Crippen molar-refractivity contribution in [1.29, 1.82) is 0 Å². The maximum absolute atomic E-state index is 5.87. The summed E-state index contributed by atoms with van der Waals surface area (Å²) in [5, 5.41) is 0. The van der Waals surface area contributed by atoms with E-state index >= 15 is 0 Å². The van der Waals surface area contributed by atoms with Gasteiger partial charge in [0.15, 0.2) is 0 Å². The number of rotatable bonds is 0. The Kier molecular flexibility index (Phi) is 9.41. The van der Waals surface area contributed by atoms with Gasteiger partial charge < -0.3 is 23.7 Å². The van der Waals surface area contributed by atoms with Crippen molar-refractivity contribution >= 4 is 0 Å². The summed E-state index contributed by atoms with van der Waals surface area (Å²) < 4.78 is 28.7. The van der Waals surface area contributed by atoms with Crippen molar-refractivity contribution in [3.05, 3.63) is 100 Å². The summed E-state index contributed by atoms with van der Waals surface area (Å²) in [5.74, 6) is 0. The summed E-state index contributed by atoms with van der Waals surface area (Å²) in [6.45, 7) is 5.35. The van der Waals surface area contributed by atoms with Gasteiger partial charge >= 0.3 is 0 Å². The highest BCUT2D eigenvalue weighted by Crippen LogP contribution is 2.11. The second-order valence-corrected chi connectivity index (χ2v) is 7.96. The monoisotopic (exact) mass is 449 g/mol. The molecule has 6 bridgehead atoms. The highest BCUT2D eigenvalue weighted by Gasteiger charge is 2.03. The summed E-state index contributed by atoms with van der Waals surface area (Å²) >= 11 is 0. The van der Waals surface area contributed by atoms with Crippen molar-refractivity contribution in [3.8, 4) is 0 Å². The molecule has 6 heteroatoms. The average Bonchev–Trinajstić information content (AvgIpc) is 2.85. The summed E-state index contributed by atoms with van der Waals surface area (Å²) in [5.41, 5.74) is 6.29. The quantitative estimate of drug-likeness (QED) is 0.501. The molecule has 4 aliphatic heterocycles. The van der Waals surface area contributed by atoms with E-state index in [4.69, 9.17) is 23.7 Å². The molecule has 3 aromatic rings. The third-order valence-corrected chi connectivity index (χ3v) is 5.23. The van der Waals surface area contributed by atoms with Crippen molar-refractivity contribution in [3.63, 3.8) is 0 Å². The Hall–Kier alpha value is -2.61. The summed E-state index contributed by atoms with van der Waals surface area (Å²) in [4.78, 5) is 4.65. The fourth-order valence-electron chi connectivity index (χ4n) is 3.42. The Morgan fingerprint density at radius 3 is 1.18 bits per heavy atom. The second kappa shape index (κ2) is 13.2. The molecule has 0 fully saturated rings. The first kappa shape index (κ1) is 23.5. The Bertz CT molecular complexity index is 884. The van der Waals surface area contributed by atoms with Gasteiger partial charge in [-0.15, -0.1) is 0 Å². The molecule has 0 saturated carbocycles. The minimum Gasteiger partial charge on any atom is -0.377 e. The molecule has 1 aromatic heterocycles. The van der Waals surface area contributed by atoms with Crippen LogP contribution in [0.1, 0.15) is 33.6 Å². The lowest BCUT2D eigenvalue weighted by molar-refractivity contribution is 0.00702. The van der Waals surface area contributed by atoms with Crippen molar-refractivity contribution in [1.82, 2.24) is 4.98 Å². The van der Waals surface area contributed by atoms with E-state index in [1.807, 2.05) is 18.2 Å². The molecule has 0 N–H and O–H groups in total. The lowest BCUT2D eigenvalue weighted by atomic mass is 10.1. The number of hydrogen-bond donors (Lipinski definition) is 0. The molecule has 0 saturated heterocycles. The molecule has 4 aliphatic rings. The van der Waals surface area contributed by atoms with Gasteiger partial charge in [-0.1, -0.05) is 54.6 Å². The van der Waals surface area contributed by atoms with Crippen LogP contribution in [0, 0.1) is 0 Å². The van der Waals surface area contributed by atoms with Crippen molar-refractivity contribution < 1.29 is 23.7 Å². The molecule has 2 aromatic carbocycles. The van der Waals surface area contributed by atoms with E-state index < -0.39 is 0 Å². The standard InChI is InChI=1S/C27H31NO5/c1-2-26-20-32-18-24-8-4-22(5-9-24)16-30-14-12-29-13-15-31-17-23-6-10-25(11-7-23)19-33-21-27(3-1)28-26/h1-11H,12-21H2. The van der Waals surface area contributed by atoms with E-state index in [9.17, 15) is 0 Å². The normalized spacial score (nSPS) is 17.1. The maximum atomic E-state index is 5.87. The second-order valence-electron chi connectivity index (χ2n) is 7.96. The highest BCUT2D eigenvalue weighted by atomic mass is 16.5. The van der Waals surface area contributed by atoms with Crippen LogP contribution < -0.4 is 0 Å². The third-order valence-electron chi connectivity index (χ3n) is 5.23. The molecule has 0 atom stereocenters. The zero-order valence-electron chi connectivity index (χ0n) is 18.9. The number of aromatic nitrogens is 1. The molecule has 5 heterocycles. The van der Waals surface area contributed by atoms with Crippen LogP contribution in [-0.4, -0.2) is 31.4 Å². The van der Waals surface area contributed by atoms with Crippen LogP contribution >= 0.6 is 0 Å². The van der Waals surface area contributed by atoms with Crippen molar-refractivity contribution in [2.24, 2.45) is 0 Å². The molecule has 174 valence electrons. The topological polar surface area (TPSA) is 59.0 Å². The number of hydrogen-bond acceptors (Lipinski definition) is 6. The number of benzene rings is 2. The minimum absolute atomic E-state index is 0.461. The first-order chi connectivity index (χ1) is 16.3.